The lowest BCUT2D eigenvalue weighted by molar-refractivity contribution is -0.118. The first kappa shape index (κ1) is 19.4. The van der Waals surface area contributed by atoms with E-state index in [4.69, 9.17) is 0 Å². The van der Waals surface area contributed by atoms with Crippen molar-refractivity contribution < 1.29 is 9.59 Å². The molecule has 120 valence electrons. The number of nitrogens with one attached hydrogen (secondary N) is 2. The number of carbonyl (C=O) groups is 2. The topological polar surface area (TPSA) is 61.4 Å². The minimum absolute atomic E-state index is 0.0398. The molecular weight excluding hydrogens is 266 g/mol. The molecule has 0 unspecified atom stereocenters. The van der Waals surface area contributed by atoms with E-state index >= 15 is 0 Å². The monoisotopic (exact) mass is 295 g/mol. The van der Waals surface area contributed by atoms with Crippen LogP contribution < -0.4 is 10.6 Å². The third-order valence-electron chi connectivity index (χ3n) is 3.06. The van der Waals surface area contributed by atoms with Crippen molar-refractivity contribution in [1.29, 1.82) is 0 Å². The first-order chi connectivity index (χ1) is 9.55. The lowest BCUT2D eigenvalue weighted by atomic mass is 10.1. The number of carbonyl (C=O) groups excluding carboxylic acids is 2. The molecule has 0 bridgehead atoms. The highest BCUT2D eigenvalue weighted by Crippen LogP contribution is 2.11. The van der Waals surface area contributed by atoms with Gasteiger partial charge in [-0.25, -0.2) is 0 Å². The Morgan fingerprint density at radius 3 is 1.48 bits per heavy atom. The Hall–Kier alpha value is -1.62. The van der Waals surface area contributed by atoms with Gasteiger partial charge in [-0.1, -0.05) is 13.2 Å². The Bertz CT molecular complexity index is 376. The second-order valence-electron chi connectivity index (χ2n) is 6.23. The highest BCUT2D eigenvalue weighted by atomic mass is 16.2. The summed E-state index contributed by atoms with van der Waals surface area (Å²) in [4.78, 5) is 25.1. The third kappa shape index (κ3) is 8.30. The summed E-state index contributed by atoms with van der Waals surface area (Å²) < 4.78 is 0. The van der Waals surface area contributed by atoms with Gasteiger partial charge in [0, 0.05) is 42.9 Å². The molecule has 0 saturated carbocycles. The van der Waals surface area contributed by atoms with E-state index in [1.165, 1.54) is 0 Å². The van der Waals surface area contributed by atoms with Crippen LogP contribution in [0.5, 0.6) is 0 Å². The predicted octanol–water partition coefficient (Wildman–Crippen LogP) is 1.47. The smallest absolute Gasteiger partial charge is 0.246 e. The molecule has 0 aliphatic rings. The average molecular weight is 295 g/mol. The molecule has 5 nitrogen and oxygen atoms in total. The third-order valence-corrected chi connectivity index (χ3v) is 3.06. The molecule has 0 fully saturated rings. The van der Waals surface area contributed by atoms with E-state index in [0.29, 0.717) is 37.3 Å². The van der Waals surface area contributed by atoms with Crippen molar-refractivity contribution in [2.45, 2.75) is 40.2 Å². The molecule has 5 heteroatoms. The summed E-state index contributed by atoms with van der Waals surface area (Å²) in [5.74, 6) is -0.251. The maximum absolute atomic E-state index is 11.5. The van der Waals surface area contributed by atoms with Crippen LogP contribution >= 0.6 is 0 Å². The van der Waals surface area contributed by atoms with Crippen molar-refractivity contribution in [3.63, 3.8) is 0 Å². The molecule has 0 aliphatic heterocycles. The predicted molar refractivity (Wildman–Crippen MR) is 87.0 cm³/mol. The highest BCUT2D eigenvalue weighted by Gasteiger charge is 2.20. The van der Waals surface area contributed by atoms with Gasteiger partial charge in [-0.15, -0.1) is 0 Å². The minimum atomic E-state index is -0.126. The van der Waals surface area contributed by atoms with Gasteiger partial charge in [0.1, 0.15) is 0 Å². The standard InChI is InChI=1S/C16H29N3O2/c1-12(2)14(20)17-8-10-19(16(5,6)7)11-9-18-15(21)13(3)4/h1,3,8-11H2,2,4-7H3,(H,17,20)(H,18,21). The van der Waals surface area contributed by atoms with Crippen LogP contribution in [0, 0.1) is 0 Å². The Morgan fingerprint density at radius 2 is 1.24 bits per heavy atom. The van der Waals surface area contributed by atoms with E-state index in [2.05, 4.69) is 49.5 Å². The minimum Gasteiger partial charge on any atom is -0.351 e. The van der Waals surface area contributed by atoms with Gasteiger partial charge in [0.25, 0.3) is 0 Å². The summed E-state index contributed by atoms with van der Waals surface area (Å²) in [6, 6.07) is 0. The number of rotatable bonds is 8. The zero-order valence-electron chi connectivity index (χ0n) is 14.0. The second kappa shape index (κ2) is 8.62. The van der Waals surface area contributed by atoms with Gasteiger partial charge < -0.3 is 10.6 Å². The lowest BCUT2D eigenvalue weighted by Gasteiger charge is -2.35. The van der Waals surface area contributed by atoms with Crippen molar-refractivity contribution in [3.8, 4) is 0 Å². The Morgan fingerprint density at radius 1 is 0.905 bits per heavy atom. The van der Waals surface area contributed by atoms with E-state index in [9.17, 15) is 9.59 Å². The molecule has 0 aromatic heterocycles. The van der Waals surface area contributed by atoms with Gasteiger partial charge in [-0.3, -0.25) is 14.5 Å². The lowest BCUT2D eigenvalue weighted by Crippen LogP contribution is -2.48. The molecule has 0 aromatic rings. The second-order valence-corrected chi connectivity index (χ2v) is 6.23. The zero-order valence-corrected chi connectivity index (χ0v) is 14.0. The van der Waals surface area contributed by atoms with E-state index in [0.717, 1.165) is 0 Å². The largest absolute Gasteiger partial charge is 0.351 e. The first-order valence-electron chi connectivity index (χ1n) is 7.18. The van der Waals surface area contributed by atoms with E-state index in [1.807, 2.05) is 0 Å². The molecular formula is C16H29N3O2. The van der Waals surface area contributed by atoms with Crippen LogP contribution in [0.4, 0.5) is 0 Å². The van der Waals surface area contributed by atoms with Gasteiger partial charge in [-0.05, 0) is 34.6 Å². The van der Waals surface area contributed by atoms with Crippen LogP contribution in [0.1, 0.15) is 34.6 Å². The first-order valence-corrected chi connectivity index (χ1v) is 7.18. The van der Waals surface area contributed by atoms with Crippen LogP contribution in [0.15, 0.2) is 24.3 Å². The van der Waals surface area contributed by atoms with Gasteiger partial charge >= 0.3 is 0 Å². The van der Waals surface area contributed by atoms with Crippen LogP contribution in [-0.2, 0) is 9.59 Å². The Labute approximate surface area is 128 Å². The number of hydrogen-bond donors (Lipinski definition) is 2. The van der Waals surface area contributed by atoms with Crippen LogP contribution in [0.25, 0.3) is 0 Å². The van der Waals surface area contributed by atoms with Crippen LogP contribution in [-0.4, -0.2) is 48.4 Å². The summed E-state index contributed by atoms with van der Waals surface area (Å²) in [6.07, 6.45) is 0. The molecule has 2 amide bonds. The van der Waals surface area contributed by atoms with Crippen molar-refractivity contribution in [1.82, 2.24) is 15.5 Å². The fourth-order valence-electron chi connectivity index (χ4n) is 1.69. The molecule has 0 aromatic carbocycles. The summed E-state index contributed by atoms with van der Waals surface area (Å²) in [5, 5.41) is 5.64. The number of nitrogens with zero attached hydrogens (tertiary/aromatic N) is 1. The summed E-state index contributed by atoms with van der Waals surface area (Å²) in [6.45, 7) is 19.4. The Balaban J connectivity index is 4.29. The molecule has 0 spiro atoms. The maximum Gasteiger partial charge on any atom is 0.246 e. The maximum atomic E-state index is 11.5. The molecule has 0 atom stereocenters. The summed E-state index contributed by atoms with van der Waals surface area (Å²) in [7, 11) is 0. The molecule has 0 radical (unpaired) electrons. The SMILES string of the molecule is C=C(C)C(=O)NCCN(CCNC(=O)C(=C)C)C(C)(C)C. The van der Waals surface area contributed by atoms with Crippen molar-refractivity contribution in [2.24, 2.45) is 0 Å². The fourth-order valence-corrected chi connectivity index (χ4v) is 1.69. The molecule has 21 heavy (non-hydrogen) atoms. The number of hydrogen-bond acceptors (Lipinski definition) is 3. The van der Waals surface area contributed by atoms with E-state index in [1.54, 1.807) is 13.8 Å². The Kier molecular flexibility index (Phi) is 7.95. The molecule has 0 heterocycles. The van der Waals surface area contributed by atoms with Crippen molar-refractivity contribution in [2.75, 3.05) is 26.2 Å². The van der Waals surface area contributed by atoms with Crippen molar-refractivity contribution >= 4 is 11.8 Å². The van der Waals surface area contributed by atoms with Gasteiger partial charge in [0.2, 0.25) is 11.8 Å². The van der Waals surface area contributed by atoms with Gasteiger partial charge in [0.15, 0.2) is 0 Å². The van der Waals surface area contributed by atoms with E-state index in [-0.39, 0.29) is 17.4 Å². The molecule has 2 N–H and O–H groups in total. The van der Waals surface area contributed by atoms with Crippen LogP contribution in [0.2, 0.25) is 0 Å². The average Bonchev–Trinajstić information content (AvgIpc) is 2.34. The molecule has 0 saturated heterocycles. The van der Waals surface area contributed by atoms with Crippen molar-refractivity contribution in [3.05, 3.63) is 24.3 Å². The number of amides is 2. The van der Waals surface area contributed by atoms with Gasteiger partial charge in [-0.2, -0.15) is 0 Å². The van der Waals surface area contributed by atoms with E-state index < -0.39 is 0 Å². The quantitative estimate of drug-likeness (QED) is 0.667. The normalized spacial score (nSPS) is 11.1. The van der Waals surface area contributed by atoms with Gasteiger partial charge in [0.05, 0.1) is 0 Å². The fraction of sp³-hybridized carbons (Fsp3) is 0.625. The highest BCUT2D eigenvalue weighted by molar-refractivity contribution is 5.92. The molecule has 0 aliphatic carbocycles. The molecule has 0 rings (SSSR count). The summed E-state index contributed by atoms with van der Waals surface area (Å²) in [5.41, 5.74) is 0.971. The zero-order chi connectivity index (χ0) is 16.6. The van der Waals surface area contributed by atoms with Crippen LogP contribution in [0.3, 0.4) is 0 Å². The summed E-state index contributed by atoms with van der Waals surface area (Å²) >= 11 is 0.